The van der Waals surface area contributed by atoms with Crippen molar-refractivity contribution >= 4 is 15.9 Å². The Hall–Kier alpha value is -0.920. The zero-order valence-corrected chi connectivity index (χ0v) is 8.41. The van der Waals surface area contributed by atoms with Crippen LogP contribution in [0, 0.1) is 11.3 Å². The third-order valence-corrected chi connectivity index (χ3v) is 2.70. The average Bonchev–Trinajstić information content (AvgIpc) is 2.17. The number of rotatable bonds is 0. The van der Waals surface area contributed by atoms with E-state index in [4.69, 9.17) is 10.00 Å². The Kier molecular flexibility index (Phi) is 2.30. The summed E-state index contributed by atoms with van der Waals surface area (Å²) in [4.78, 5) is 4.03. The second-order valence-electron chi connectivity index (χ2n) is 2.89. The van der Waals surface area contributed by atoms with Crippen molar-refractivity contribution in [3.63, 3.8) is 0 Å². The molecule has 1 aromatic heterocycles. The lowest BCUT2D eigenvalue weighted by Crippen LogP contribution is -2.16. The molecule has 0 saturated carbocycles. The van der Waals surface area contributed by atoms with Crippen LogP contribution in [0.5, 0.6) is 0 Å². The molecule has 0 fully saturated rings. The average molecular weight is 239 g/mol. The fraction of sp³-hybridized carbons (Fsp3) is 0.333. The molecule has 0 radical (unpaired) electrons. The molecule has 1 aromatic rings. The smallest absolute Gasteiger partial charge is 0.0961 e. The van der Waals surface area contributed by atoms with Gasteiger partial charge >= 0.3 is 0 Å². The van der Waals surface area contributed by atoms with Gasteiger partial charge in [0.1, 0.15) is 0 Å². The van der Waals surface area contributed by atoms with Gasteiger partial charge in [0.05, 0.1) is 25.2 Å². The topological polar surface area (TPSA) is 45.9 Å². The highest BCUT2D eigenvalue weighted by molar-refractivity contribution is 9.10. The lowest BCUT2D eigenvalue weighted by molar-refractivity contribution is 0.102. The van der Waals surface area contributed by atoms with E-state index in [2.05, 4.69) is 27.0 Å². The maximum Gasteiger partial charge on any atom is 0.0961 e. The number of nitriles is 1. The number of pyridine rings is 1. The van der Waals surface area contributed by atoms with Crippen molar-refractivity contribution in [2.45, 2.75) is 12.5 Å². The van der Waals surface area contributed by atoms with Crippen LogP contribution >= 0.6 is 15.9 Å². The number of halogens is 1. The second kappa shape index (κ2) is 3.44. The van der Waals surface area contributed by atoms with Crippen LogP contribution in [0.4, 0.5) is 0 Å². The summed E-state index contributed by atoms with van der Waals surface area (Å²) in [6.07, 6.45) is 3.47. The largest absolute Gasteiger partial charge is 0.375 e. The van der Waals surface area contributed by atoms with Gasteiger partial charge in [0.15, 0.2) is 0 Å². The Morgan fingerprint density at radius 3 is 3.23 bits per heavy atom. The molecule has 0 aromatic carbocycles. The van der Waals surface area contributed by atoms with Crippen LogP contribution in [0.15, 0.2) is 16.9 Å². The van der Waals surface area contributed by atoms with E-state index in [1.807, 2.05) is 0 Å². The van der Waals surface area contributed by atoms with Crippen LogP contribution in [0.3, 0.4) is 0 Å². The van der Waals surface area contributed by atoms with E-state index in [-0.39, 0.29) is 5.92 Å². The van der Waals surface area contributed by atoms with Crippen molar-refractivity contribution in [2.24, 2.45) is 0 Å². The molecular formula is C9H7BrN2O. The normalized spacial score (nSPS) is 20.5. The first-order chi connectivity index (χ1) is 6.33. The Morgan fingerprint density at radius 2 is 2.46 bits per heavy atom. The number of nitrogens with zero attached hydrogens (tertiary/aromatic N) is 2. The summed E-state index contributed by atoms with van der Waals surface area (Å²) < 4.78 is 6.17. The summed E-state index contributed by atoms with van der Waals surface area (Å²) in [6.45, 7) is 1.03. The molecule has 0 spiro atoms. The van der Waals surface area contributed by atoms with E-state index >= 15 is 0 Å². The van der Waals surface area contributed by atoms with Gasteiger partial charge in [-0.25, -0.2) is 0 Å². The minimum Gasteiger partial charge on any atom is -0.375 e. The maximum absolute atomic E-state index is 8.89. The first-order valence-electron chi connectivity index (χ1n) is 3.92. The molecule has 0 aliphatic carbocycles. The molecule has 0 bridgehead atoms. The number of hydrogen-bond acceptors (Lipinski definition) is 3. The van der Waals surface area contributed by atoms with Crippen molar-refractivity contribution in [1.29, 1.82) is 5.26 Å². The third kappa shape index (κ3) is 1.45. The van der Waals surface area contributed by atoms with Gasteiger partial charge in [-0.15, -0.1) is 0 Å². The predicted molar refractivity (Wildman–Crippen MR) is 49.9 cm³/mol. The third-order valence-electron chi connectivity index (χ3n) is 2.07. The molecular weight excluding hydrogens is 232 g/mol. The highest BCUT2D eigenvalue weighted by Crippen LogP contribution is 2.31. The fourth-order valence-corrected chi connectivity index (χ4v) is 2.11. The van der Waals surface area contributed by atoms with Crippen molar-refractivity contribution in [1.82, 2.24) is 4.98 Å². The first-order valence-corrected chi connectivity index (χ1v) is 4.72. The van der Waals surface area contributed by atoms with Gasteiger partial charge in [0.25, 0.3) is 0 Å². The summed E-state index contributed by atoms with van der Waals surface area (Å²) in [5.74, 6) is -0.166. The lowest BCUT2D eigenvalue weighted by Gasteiger charge is -2.21. The molecule has 0 N–H and O–H groups in total. The molecule has 1 aliphatic rings. The fourth-order valence-electron chi connectivity index (χ4n) is 1.46. The predicted octanol–water partition coefficient (Wildman–Crippen LogP) is 1.98. The molecule has 13 heavy (non-hydrogen) atoms. The Bertz CT molecular complexity index is 372. The summed E-state index contributed by atoms with van der Waals surface area (Å²) in [5.41, 5.74) is 2.04. The van der Waals surface area contributed by atoms with Gasteiger partial charge in [-0.1, -0.05) is 0 Å². The number of ether oxygens (including phenoxy) is 1. The molecule has 3 nitrogen and oxygen atoms in total. The molecule has 1 aliphatic heterocycles. The van der Waals surface area contributed by atoms with E-state index in [1.54, 1.807) is 12.4 Å². The number of hydrogen-bond donors (Lipinski definition) is 0. The molecule has 2 rings (SSSR count). The summed E-state index contributed by atoms with van der Waals surface area (Å²) >= 11 is 3.39. The van der Waals surface area contributed by atoms with Gasteiger partial charge in [-0.05, 0) is 21.5 Å². The quantitative estimate of drug-likeness (QED) is 0.695. The summed E-state index contributed by atoms with van der Waals surface area (Å²) in [6, 6.07) is 2.22. The molecule has 4 heteroatoms. The lowest BCUT2D eigenvalue weighted by atomic mass is 9.96. The van der Waals surface area contributed by atoms with Crippen LogP contribution in [0.25, 0.3) is 0 Å². The van der Waals surface area contributed by atoms with E-state index in [1.165, 1.54) is 0 Å². The highest BCUT2D eigenvalue weighted by atomic mass is 79.9. The summed E-state index contributed by atoms with van der Waals surface area (Å²) in [5, 5.41) is 8.89. The van der Waals surface area contributed by atoms with E-state index < -0.39 is 0 Å². The van der Waals surface area contributed by atoms with Crippen molar-refractivity contribution in [2.75, 3.05) is 6.61 Å². The van der Waals surface area contributed by atoms with E-state index in [0.717, 1.165) is 15.6 Å². The van der Waals surface area contributed by atoms with Gasteiger partial charge in [0.2, 0.25) is 0 Å². The molecule has 0 saturated heterocycles. The van der Waals surface area contributed by atoms with Crippen LogP contribution in [-0.2, 0) is 11.3 Å². The SMILES string of the molecule is N#CC1COCc2cncc(Br)c21. The number of fused-ring (bicyclic) bond motifs is 1. The van der Waals surface area contributed by atoms with E-state index in [0.29, 0.717) is 13.2 Å². The highest BCUT2D eigenvalue weighted by Gasteiger charge is 2.22. The molecule has 2 heterocycles. The number of aromatic nitrogens is 1. The van der Waals surface area contributed by atoms with Crippen molar-refractivity contribution < 1.29 is 4.74 Å². The minimum atomic E-state index is -0.166. The van der Waals surface area contributed by atoms with E-state index in [9.17, 15) is 0 Å². The Balaban J connectivity index is 2.55. The molecule has 1 unspecified atom stereocenters. The van der Waals surface area contributed by atoms with Crippen LogP contribution in [0.1, 0.15) is 17.0 Å². The zero-order chi connectivity index (χ0) is 9.26. The van der Waals surface area contributed by atoms with Gasteiger partial charge < -0.3 is 4.74 Å². The molecule has 1 atom stereocenters. The summed E-state index contributed by atoms with van der Waals surface area (Å²) in [7, 11) is 0. The standard InChI is InChI=1S/C9H7BrN2O/c10-8-3-12-2-7-5-13-4-6(1-11)9(7)8/h2-3,6H,4-5H2. The molecule has 0 amide bonds. The van der Waals surface area contributed by atoms with Crippen molar-refractivity contribution in [3.05, 3.63) is 28.0 Å². The Morgan fingerprint density at radius 1 is 1.62 bits per heavy atom. The van der Waals surface area contributed by atoms with Crippen molar-refractivity contribution in [3.8, 4) is 6.07 Å². The first kappa shape index (κ1) is 8.67. The molecule has 66 valence electrons. The van der Waals surface area contributed by atoms with Gasteiger partial charge in [0, 0.05) is 22.4 Å². The maximum atomic E-state index is 8.89. The van der Waals surface area contributed by atoms with Crippen LogP contribution in [0.2, 0.25) is 0 Å². The van der Waals surface area contributed by atoms with Gasteiger partial charge in [-0.3, -0.25) is 4.98 Å². The van der Waals surface area contributed by atoms with Crippen LogP contribution in [-0.4, -0.2) is 11.6 Å². The van der Waals surface area contributed by atoms with Gasteiger partial charge in [-0.2, -0.15) is 5.26 Å². The minimum absolute atomic E-state index is 0.166. The van der Waals surface area contributed by atoms with Crippen LogP contribution < -0.4 is 0 Å². The second-order valence-corrected chi connectivity index (χ2v) is 3.75. The monoisotopic (exact) mass is 238 g/mol. The Labute approximate surface area is 84.5 Å². The zero-order valence-electron chi connectivity index (χ0n) is 6.83.